The molecule has 0 radical (unpaired) electrons. The van der Waals surface area contributed by atoms with Gasteiger partial charge < -0.3 is 19.3 Å². The molecule has 2 aromatic rings. The molecular formula is C22H24N2O7. The second-order valence-electron chi connectivity index (χ2n) is 7.62. The molecule has 0 aliphatic carbocycles. The zero-order valence-electron chi connectivity index (χ0n) is 17.7. The van der Waals surface area contributed by atoms with E-state index in [9.17, 15) is 19.5 Å². The minimum Gasteiger partial charge on any atom is -0.478 e. The number of carbonyl (C=O) groups is 3. The molecule has 9 heteroatoms. The number of aromatic nitrogens is 2. The van der Waals surface area contributed by atoms with Crippen molar-refractivity contribution in [3.8, 4) is 11.8 Å². The molecule has 1 aliphatic rings. The van der Waals surface area contributed by atoms with Gasteiger partial charge >= 0.3 is 17.9 Å². The third kappa shape index (κ3) is 5.03. The quantitative estimate of drug-likeness (QED) is 0.560. The number of hydrogen-bond donors (Lipinski definition) is 2. The number of nitrogens with zero attached hydrogens (tertiary/aromatic N) is 1. The number of aromatic amines is 1. The molecule has 2 N–H and O–H groups in total. The number of rotatable bonds is 4. The first kappa shape index (κ1) is 22.3. The number of fused-ring (bicyclic) bond motifs is 1. The number of carbonyl (C=O) groups excluding carboxylic acids is 2. The lowest BCUT2D eigenvalue weighted by atomic mass is 9.81. The van der Waals surface area contributed by atoms with Crippen molar-refractivity contribution in [3.63, 3.8) is 0 Å². The van der Waals surface area contributed by atoms with Crippen molar-refractivity contribution >= 4 is 28.8 Å². The minimum absolute atomic E-state index is 0.0589. The Balaban J connectivity index is 1.97. The molecule has 0 bridgehead atoms. The summed E-state index contributed by atoms with van der Waals surface area (Å²) in [6.45, 7) is 6.56. The topological polar surface area (TPSA) is 128 Å². The van der Waals surface area contributed by atoms with Crippen molar-refractivity contribution in [2.45, 2.75) is 46.0 Å². The zero-order chi connectivity index (χ0) is 22.7. The van der Waals surface area contributed by atoms with Crippen LogP contribution in [-0.4, -0.2) is 58.1 Å². The SMILES string of the molecule is CC(=O)OC[C@H]1O[C@H](C#Cc2cc(C(=O)O)cc3cn[nH]c23)[C@@H](OC(C)=O)[C@@H](C)[C@@H]1C. The molecule has 164 valence electrons. The number of benzene rings is 1. The summed E-state index contributed by atoms with van der Waals surface area (Å²) in [5.74, 6) is 3.80. The van der Waals surface area contributed by atoms with E-state index in [4.69, 9.17) is 14.2 Å². The van der Waals surface area contributed by atoms with Crippen LogP contribution in [0.3, 0.4) is 0 Å². The van der Waals surface area contributed by atoms with Crippen LogP contribution in [-0.2, 0) is 23.8 Å². The van der Waals surface area contributed by atoms with Gasteiger partial charge in [-0.05, 0) is 18.1 Å². The minimum atomic E-state index is -1.08. The fraction of sp³-hybridized carbons (Fsp3) is 0.455. The number of carboxylic acids is 1. The molecule has 0 saturated carbocycles. The highest BCUT2D eigenvalue weighted by molar-refractivity contribution is 5.95. The first-order valence-electron chi connectivity index (χ1n) is 9.85. The first-order valence-corrected chi connectivity index (χ1v) is 9.85. The number of ether oxygens (including phenoxy) is 3. The molecule has 2 heterocycles. The third-order valence-corrected chi connectivity index (χ3v) is 5.45. The van der Waals surface area contributed by atoms with Crippen molar-refractivity contribution < 1.29 is 33.7 Å². The average Bonchev–Trinajstić information content (AvgIpc) is 3.18. The lowest BCUT2D eigenvalue weighted by molar-refractivity contribution is -0.191. The standard InChI is InChI=1S/C22H24N2O7/c1-11-12(2)21(30-14(4)26)18(31-19(11)10-29-13(3)25)6-5-15-7-16(22(27)28)8-17-9-23-24-20(15)17/h7-9,11-12,18-19,21H,10H2,1-4H3,(H,23,24)(H,27,28)/t11-,12-,18+,19+,21-/m0/s1. The lowest BCUT2D eigenvalue weighted by Crippen LogP contribution is -2.51. The second-order valence-corrected chi connectivity index (χ2v) is 7.62. The number of nitrogens with one attached hydrogen (secondary N) is 1. The normalized spacial score (nSPS) is 25.4. The summed E-state index contributed by atoms with van der Waals surface area (Å²) in [6.07, 6.45) is -0.330. The van der Waals surface area contributed by atoms with Crippen LogP contribution in [0.4, 0.5) is 0 Å². The third-order valence-electron chi connectivity index (χ3n) is 5.45. The summed E-state index contributed by atoms with van der Waals surface area (Å²) >= 11 is 0. The van der Waals surface area contributed by atoms with Crippen LogP contribution in [0, 0.1) is 23.7 Å². The van der Waals surface area contributed by atoms with Crippen LogP contribution in [0.1, 0.15) is 43.6 Å². The van der Waals surface area contributed by atoms with Crippen molar-refractivity contribution in [2.24, 2.45) is 11.8 Å². The fourth-order valence-corrected chi connectivity index (χ4v) is 3.60. The van der Waals surface area contributed by atoms with Crippen molar-refractivity contribution in [3.05, 3.63) is 29.5 Å². The molecule has 1 aliphatic heterocycles. The smallest absolute Gasteiger partial charge is 0.335 e. The number of hydrogen-bond acceptors (Lipinski definition) is 7. The van der Waals surface area contributed by atoms with Crippen molar-refractivity contribution in [1.29, 1.82) is 0 Å². The van der Waals surface area contributed by atoms with Crippen LogP contribution in [0.2, 0.25) is 0 Å². The van der Waals surface area contributed by atoms with E-state index < -0.39 is 36.2 Å². The summed E-state index contributed by atoms with van der Waals surface area (Å²) in [6, 6.07) is 2.95. The summed E-state index contributed by atoms with van der Waals surface area (Å²) in [5, 5.41) is 16.7. The predicted molar refractivity (Wildman–Crippen MR) is 109 cm³/mol. The number of carboxylic acid groups (broad SMARTS) is 1. The Morgan fingerprint density at radius 3 is 2.58 bits per heavy atom. The van der Waals surface area contributed by atoms with Gasteiger partial charge in [0.05, 0.1) is 28.9 Å². The maximum absolute atomic E-state index is 11.7. The molecule has 9 nitrogen and oxygen atoms in total. The highest BCUT2D eigenvalue weighted by atomic mass is 16.6. The molecule has 0 amide bonds. The van der Waals surface area contributed by atoms with E-state index in [0.29, 0.717) is 16.5 Å². The molecule has 1 aromatic carbocycles. The Labute approximate surface area is 179 Å². The van der Waals surface area contributed by atoms with Gasteiger partial charge in [-0.1, -0.05) is 25.7 Å². The molecule has 1 saturated heterocycles. The molecule has 0 unspecified atom stereocenters. The lowest BCUT2D eigenvalue weighted by Gasteiger charge is -2.42. The number of esters is 2. The molecule has 5 atom stereocenters. The van der Waals surface area contributed by atoms with Crippen molar-refractivity contribution in [2.75, 3.05) is 6.61 Å². The summed E-state index contributed by atoms with van der Waals surface area (Å²) in [4.78, 5) is 34.3. The molecule has 31 heavy (non-hydrogen) atoms. The largest absolute Gasteiger partial charge is 0.478 e. The van der Waals surface area contributed by atoms with Gasteiger partial charge in [0, 0.05) is 25.2 Å². The van der Waals surface area contributed by atoms with Gasteiger partial charge in [0.1, 0.15) is 12.7 Å². The van der Waals surface area contributed by atoms with Gasteiger partial charge in [-0.25, -0.2) is 4.79 Å². The van der Waals surface area contributed by atoms with Crippen LogP contribution in [0.15, 0.2) is 18.3 Å². The average molecular weight is 428 g/mol. The van der Waals surface area contributed by atoms with E-state index in [1.165, 1.54) is 32.2 Å². The highest BCUT2D eigenvalue weighted by Gasteiger charge is 2.43. The molecular weight excluding hydrogens is 404 g/mol. The van der Waals surface area contributed by atoms with E-state index in [1.807, 2.05) is 13.8 Å². The van der Waals surface area contributed by atoms with Gasteiger partial charge in [-0.3, -0.25) is 14.7 Å². The van der Waals surface area contributed by atoms with Gasteiger partial charge in [-0.2, -0.15) is 5.10 Å². The Morgan fingerprint density at radius 2 is 1.94 bits per heavy atom. The molecule has 1 fully saturated rings. The first-order chi connectivity index (χ1) is 14.7. The number of H-pyrrole nitrogens is 1. The Bertz CT molecular complexity index is 1060. The molecule has 0 spiro atoms. The van der Waals surface area contributed by atoms with Gasteiger partial charge in [0.2, 0.25) is 0 Å². The predicted octanol–water partition coefficient (Wildman–Crippen LogP) is 2.15. The summed E-state index contributed by atoms with van der Waals surface area (Å²) in [5.41, 5.74) is 1.10. The van der Waals surface area contributed by atoms with Gasteiger partial charge in [0.15, 0.2) is 6.10 Å². The van der Waals surface area contributed by atoms with Crippen molar-refractivity contribution in [1.82, 2.24) is 10.2 Å². The van der Waals surface area contributed by atoms with Crippen LogP contribution in [0.25, 0.3) is 10.9 Å². The summed E-state index contributed by atoms with van der Waals surface area (Å²) < 4.78 is 16.7. The van der Waals surface area contributed by atoms with E-state index in [-0.39, 0.29) is 24.0 Å². The maximum Gasteiger partial charge on any atom is 0.335 e. The van der Waals surface area contributed by atoms with Gasteiger partial charge in [-0.15, -0.1) is 0 Å². The maximum atomic E-state index is 11.7. The van der Waals surface area contributed by atoms with Crippen LogP contribution < -0.4 is 0 Å². The van der Waals surface area contributed by atoms with Gasteiger partial charge in [0.25, 0.3) is 0 Å². The summed E-state index contributed by atoms with van der Waals surface area (Å²) in [7, 11) is 0. The van der Waals surface area contributed by atoms with E-state index in [0.717, 1.165) is 0 Å². The fourth-order valence-electron chi connectivity index (χ4n) is 3.60. The van der Waals surface area contributed by atoms with E-state index in [2.05, 4.69) is 22.0 Å². The van der Waals surface area contributed by atoms with E-state index >= 15 is 0 Å². The Kier molecular flexibility index (Phi) is 6.61. The van der Waals surface area contributed by atoms with Crippen LogP contribution >= 0.6 is 0 Å². The van der Waals surface area contributed by atoms with Crippen LogP contribution in [0.5, 0.6) is 0 Å². The number of aromatic carboxylic acids is 1. The second kappa shape index (κ2) is 9.18. The monoisotopic (exact) mass is 428 g/mol. The zero-order valence-corrected chi connectivity index (χ0v) is 17.7. The Morgan fingerprint density at radius 1 is 1.19 bits per heavy atom. The molecule has 3 rings (SSSR count). The highest BCUT2D eigenvalue weighted by Crippen LogP contribution is 2.33. The van der Waals surface area contributed by atoms with E-state index in [1.54, 1.807) is 0 Å². The molecule has 1 aromatic heterocycles. The Hall–Kier alpha value is -3.38.